The molecule has 3 N–H and O–H groups in total. The lowest BCUT2D eigenvalue weighted by atomic mass is 9.83. The molecule has 0 bridgehead atoms. The summed E-state index contributed by atoms with van der Waals surface area (Å²) in [5.74, 6) is 0.167. The molecule has 12 nitrogen and oxygen atoms in total. The van der Waals surface area contributed by atoms with E-state index in [1.165, 1.54) is 0 Å². The molecule has 6 aromatic rings. The van der Waals surface area contributed by atoms with Gasteiger partial charge in [-0.2, -0.15) is 4.72 Å². The van der Waals surface area contributed by atoms with Crippen molar-refractivity contribution in [2.75, 3.05) is 37.6 Å². The van der Waals surface area contributed by atoms with E-state index in [9.17, 15) is 18.3 Å². The lowest BCUT2D eigenvalue weighted by Crippen LogP contribution is -2.51. The Hall–Kier alpha value is -5.80. The molecule has 2 fully saturated rings. The summed E-state index contributed by atoms with van der Waals surface area (Å²) >= 11 is 0. The molecule has 5 atom stereocenters. The van der Waals surface area contributed by atoms with Crippen LogP contribution in [0.1, 0.15) is 57.3 Å². The average Bonchev–Trinajstić information content (AvgIpc) is 3.32. The van der Waals surface area contributed by atoms with Crippen LogP contribution in [-0.2, 0) is 43.9 Å². The number of nitrogens with zero attached hydrogens (tertiary/aromatic N) is 4. The van der Waals surface area contributed by atoms with Crippen molar-refractivity contribution in [2.24, 2.45) is 0 Å². The predicted octanol–water partition coefficient (Wildman–Crippen LogP) is 6.24. The van der Waals surface area contributed by atoms with Crippen LogP contribution in [0.3, 0.4) is 0 Å². The first kappa shape index (κ1) is 42.9. The number of aliphatic hydroxyl groups excluding tert-OH is 1. The van der Waals surface area contributed by atoms with E-state index in [-0.39, 0.29) is 42.6 Å². The van der Waals surface area contributed by atoms with Gasteiger partial charge in [0.1, 0.15) is 6.04 Å². The average molecular weight is 853 g/mol. The highest BCUT2D eigenvalue weighted by Crippen LogP contribution is 2.47. The second kappa shape index (κ2) is 19.9. The van der Waals surface area contributed by atoms with Crippen molar-refractivity contribution in [2.45, 2.75) is 61.8 Å². The third kappa shape index (κ3) is 10.6. The lowest BCUT2D eigenvalue weighted by Gasteiger charge is -2.45. The van der Waals surface area contributed by atoms with Crippen LogP contribution in [0.15, 0.2) is 157 Å². The lowest BCUT2D eigenvalue weighted by molar-refractivity contribution is -0.263. The summed E-state index contributed by atoms with van der Waals surface area (Å²) in [6.07, 6.45) is 2.41. The molecule has 320 valence electrons. The Morgan fingerprint density at radius 1 is 0.726 bits per heavy atom. The zero-order valence-corrected chi connectivity index (χ0v) is 35.5. The Labute approximate surface area is 363 Å². The monoisotopic (exact) mass is 852 g/mol. The first-order valence-electron chi connectivity index (χ1n) is 21.0. The minimum atomic E-state index is -3.98. The molecule has 2 aliphatic rings. The Morgan fingerprint density at radius 2 is 1.35 bits per heavy atom. The first-order valence-corrected chi connectivity index (χ1v) is 22.5. The molecule has 0 saturated carbocycles. The largest absolute Gasteiger partial charge is 0.392 e. The van der Waals surface area contributed by atoms with Crippen LogP contribution in [0.25, 0.3) is 0 Å². The quantitative estimate of drug-likeness (QED) is 0.109. The second-order valence-electron chi connectivity index (χ2n) is 15.9. The van der Waals surface area contributed by atoms with Crippen molar-refractivity contribution in [3.05, 3.63) is 191 Å². The third-order valence-electron chi connectivity index (χ3n) is 11.6. The molecule has 1 aromatic heterocycles. The fraction of sp³-hybridized carbons (Fsp3) is 0.286. The topological polar surface area (TPSA) is 146 Å². The SMILES string of the molecule is Cc1ccc(S(=O)(=O)NC(Cc2ccccc2)C(=O)NCc2ccc(C3OC(CN4CCN(c5ncccn5)CC4)C(c4ccccc4)C(c4ccc(CO)cc4)O3)cc2)cc1. The van der Waals surface area contributed by atoms with E-state index in [2.05, 4.69) is 41.9 Å². The van der Waals surface area contributed by atoms with Gasteiger partial charge in [0, 0.05) is 63.1 Å². The molecule has 0 aliphatic carbocycles. The van der Waals surface area contributed by atoms with E-state index in [4.69, 9.17) is 9.47 Å². The van der Waals surface area contributed by atoms with Gasteiger partial charge in [-0.3, -0.25) is 9.69 Å². The van der Waals surface area contributed by atoms with E-state index in [1.807, 2.05) is 110 Å². The highest BCUT2D eigenvalue weighted by Gasteiger charge is 2.43. The highest BCUT2D eigenvalue weighted by molar-refractivity contribution is 7.89. The van der Waals surface area contributed by atoms with Gasteiger partial charge in [0.05, 0.1) is 23.7 Å². The summed E-state index contributed by atoms with van der Waals surface area (Å²) in [6.45, 7) is 5.93. The standard InChI is InChI=1S/C49H52N6O6S/c1-35-13-23-42(24-14-35)62(58,59)53-43(31-36-9-4-2-5-10-36)47(57)52-32-37-15-21-41(22-16-37)48-60-44(33-54-27-29-55(30-28-54)49-50-25-8-26-51-49)45(39-11-6-3-7-12-39)46(61-48)40-19-17-38(34-56)18-20-40/h2-26,43-46,48,53,56H,27-34H2,1H3,(H,52,57). The predicted molar refractivity (Wildman–Crippen MR) is 237 cm³/mol. The van der Waals surface area contributed by atoms with Gasteiger partial charge >= 0.3 is 0 Å². The normalized spacial score (nSPS) is 20.1. The maximum Gasteiger partial charge on any atom is 0.241 e. The smallest absolute Gasteiger partial charge is 0.241 e. The van der Waals surface area contributed by atoms with Gasteiger partial charge in [-0.05, 0) is 59.4 Å². The van der Waals surface area contributed by atoms with Gasteiger partial charge in [-0.25, -0.2) is 18.4 Å². The summed E-state index contributed by atoms with van der Waals surface area (Å²) in [7, 11) is -3.98. The van der Waals surface area contributed by atoms with Crippen molar-refractivity contribution < 1.29 is 27.8 Å². The maximum absolute atomic E-state index is 13.7. The van der Waals surface area contributed by atoms with Crippen molar-refractivity contribution in [1.82, 2.24) is 24.9 Å². The number of carbonyl (C=O) groups excluding carboxylic acids is 1. The number of sulfonamides is 1. The van der Waals surface area contributed by atoms with Crippen molar-refractivity contribution in [3.8, 4) is 0 Å². The number of nitrogens with one attached hydrogen (secondary N) is 2. The molecule has 0 radical (unpaired) electrons. The fourth-order valence-corrected chi connectivity index (χ4v) is 9.32. The van der Waals surface area contributed by atoms with Crippen molar-refractivity contribution in [1.29, 1.82) is 0 Å². The molecule has 62 heavy (non-hydrogen) atoms. The molecule has 3 heterocycles. The molecule has 0 spiro atoms. The number of aromatic nitrogens is 2. The fourth-order valence-electron chi connectivity index (χ4n) is 8.12. The molecular formula is C49H52N6O6S. The van der Waals surface area contributed by atoms with Crippen LogP contribution >= 0.6 is 0 Å². The van der Waals surface area contributed by atoms with Crippen LogP contribution in [0.5, 0.6) is 0 Å². The molecular weight excluding hydrogens is 801 g/mol. The van der Waals surface area contributed by atoms with Crippen LogP contribution in [0, 0.1) is 6.92 Å². The Morgan fingerprint density at radius 3 is 2.02 bits per heavy atom. The van der Waals surface area contributed by atoms with Crippen LogP contribution < -0.4 is 14.9 Å². The number of ether oxygens (including phenoxy) is 2. The number of piperazine rings is 1. The summed E-state index contributed by atoms with van der Waals surface area (Å²) < 4.78 is 43.4. The zero-order chi connectivity index (χ0) is 42.9. The molecule has 1 amide bonds. The second-order valence-corrected chi connectivity index (χ2v) is 17.6. The number of aliphatic hydroxyl groups is 1. The minimum absolute atomic E-state index is 0.0498. The van der Waals surface area contributed by atoms with Gasteiger partial charge in [0.15, 0.2) is 6.29 Å². The molecule has 13 heteroatoms. The van der Waals surface area contributed by atoms with E-state index in [0.717, 1.165) is 71.1 Å². The molecule has 2 saturated heterocycles. The number of hydrogen-bond acceptors (Lipinski definition) is 10. The molecule has 8 rings (SSSR count). The number of rotatable bonds is 15. The van der Waals surface area contributed by atoms with E-state index in [1.54, 1.807) is 36.7 Å². The third-order valence-corrected chi connectivity index (χ3v) is 13.1. The van der Waals surface area contributed by atoms with Gasteiger partial charge in [-0.1, -0.05) is 127 Å². The van der Waals surface area contributed by atoms with Crippen molar-refractivity contribution >= 4 is 21.9 Å². The van der Waals surface area contributed by atoms with Crippen LogP contribution in [0.4, 0.5) is 5.95 Å². The number of hydrogen-bond donors (Lipinski definition) is 3. The number of aryl methyl sites for hydroxylation is 1. The van der Waals surface area contributed by atoms with Crippen LogP contribution in [-0.4, -0.2) is 79.2 Å². The van der Waals surface area contributed by atoms with E-state index in [0.29, 0.717) is 6.54 Å². The van der Waals surface area contributed by atoms with Crippen LogP contribution in [0.2, 0.25) is 0 Å². The van der Waals surface area contributed by atoms with Gasteiger partial charge in [0.25, 0.3) is 0 Å². The summed E-state index contributed by atoms with van der Waals surface area (Å²) in [6, 6.07) is 42.7. The van der Waals surface area contributed by atoms with Gasteiger partial charge in [-0.15, -0.1) is 0 Å². The molecule has 2 aliphatic heterocycles. The Balaban J connectivity index is 1.00. The molecule has 5 unspecified atom stereocenters. The van der Waals surface area contributed by atoms with Gasteiger partial charge < -0.3 is 24.8 Å². The maximum atomic E-state index is 13.7. The number of carbonyl (C=O) groups is 1. The first-order chi connectivity index (χ1) is 30.2. The van der Waals surface area contributed by atoms with Crippen molar-refractivity contribution in [3.63, 3.8) is 0 Å². The van der Waals surface area contributed by atoms with Gasteiger partial charge in [0.2, 0.25) is 21.9 Å². The number of anilines is 1. The summed E-state index contributed by atoms with van der Waals surface area (Å²) in [5.41, 5.74) is 6.34. The Bertz CT molecular complexity index is 2460. The minimum Gasteiger partial charge on any atom is -0.392 e. The molecule has 5 aromatic carbocycles. The number of amides is 1. The summed E-state index contributed by atoms with van der Waals surface area (Å²) in [5, 5.41) is 12.8. The van der Waals surface area contributed by atoms with E-state index >= 15 is 0 Å². The van der Waals surface area contributed by atoms with E-state index < -0.39 is 28.3 Å². The zero-order valence-electron chi connectivity index (χ0n) is 34.7. The summed E-state index contributed by atoms with van der Waals surface area (Å²) in [4.78, 5) is 27.4. The Kier molecular flexibility index (Phi) is 13.8. The number of benzene rings is 5. The highest BCUT2D eigenvalue weighted by atomic mass is 32.2.